The molecule has 1 unspecified atom stereocenters. The minimum Gasteiger partial charge on any atom is -0.449 e. The van der Waals surface area contributed by atoms with Crippen LogP contribution in [0.4, 0.5) is 4.79 Å². The molecule has 3 fully saturated rings. The van der Waals surface area contributed by atoms with Gasteiger partial charge in [-0.2, -0.15) is 0 Å². The van der Waals surface area contributed by atoms with Crippen molar-refractivity contribution in [1.29, 1.82) is 0 Å². The van der Waals surface area contributed by atoms with E-state index >= 15 is 0 Å². The third-order valence-electron chi connectivity index (χ3n) is 8.04. The first-order valence-electron chi connectivity index (χ1n) is 12.8. The van der Waals surface area contributed by atoms with Gasteiger partial charge in [0.15, 0.2) is 5.78 Å². The Labute approximate surface area is 213 Å². The molecule has 2 saturated heterocycles. The van der Waals surface area contributed by atoms with E-state index in [2.05, 4.69) is 5.32 Å². The van der Waals surface area contributed by atoms with Gasteiger partial charge in [0.25, 0.3) is 5.91 Å². The highest BCUT2D eigenvalue weighted by Crippen LogP contribution is 2.48. The van der Waals surface area contributed by atoms with Gasteiger partial charge < -0.3 is 15.0 Å². The number of halogens is 1. The number of hydrogen-bond donors (Lipinski definition) is 1. The standard InChI is InChI=1S/C27H38ClN3O4/c1-18(2)16-35-25(34)30(4)27(17-29-15-21(27)19-8-10-20(28)11-9-19)24(33)31-14-6-5-7-22(31)23(32)26(3)12-13-26/h8-11,18,21-22,29H,5-7,12-17H2,1-4H3/t21-,22?,27+/m0/s1. The number of piperidine rings is 1. The van der Waals surface area contributed by atoms with Crippen molar-refractivity contribution in [3.63, 3.8) is 0 Å². The number of amides is 2. The highest BCUT2D eigenvalue weighted by Gasteiger charge is 2.59. The Morgan fingerprint density at radius 2 is 1.89 bits per heavy atom. The zero-order chi connectivity index (χ0) is 25.4. The van der Waals surface area contributed by atoms with E-state index in [0.29, 0.717) is 31.1 Å². The van der Waals surface area contributed by atoms with E-state index in [9.17, 15) is 14.4 Å². The molecule has 7 nitrogen and oxygen atoms in total. The molecular weight excluding hydrogens is 466 g/mol. The summed E-state index contributed by atoms with van der Waals surface area (Å²) in [6.07, 6.45) is 3.69. The molecule has 0 spiro atoms. The second kappa shape index (κ2) is 10.1. The maximum atomic E-state index is 14.6. The lowest BCUT2D eigenvalue weighted by molar-refractivity contribution is -0.152. The number of nitrogens with one attached hydrogen (secondary N) is 1. The zero-order valence-corrected chi connectivity index (χ0v) is 22.1. The molecule has 1 aromatic carbocycles. The lowest BCUT2D eigenvalue weighted by Crippen LogP contribution is -2.66. The summed E-state index contributed by atoms with van der Waals surface area (Å²) in [5, 5.41) is 3.98. The van der Waals surface area contributed by atoms with Crippen LogP contribution in [-0.2, 0) is 14.3 Å². The van der Waals surface area contributed by atoms with Crippen LogP contribution in [0.5, 0.6) is 0 Å². The van der Waals surface area contributed by atoms with Crippen LogP contribution in [0.3, 0.4) is 0 Å². The number of rotatable bonds is 7. The monoisotopic (exact) mass is 503 g/mol. The number of ketones is 1. The Morgan fingerprint density at radius 3 is 2.51 bits per heavy atom. The van der Waals surface area contributed by atoms with Crippen molar-refractivity contribution in [2.75, 3.05) is 33.3 Å². The van der Waals surface area contributed by atoms with Crippen LogP contribution < -0.4 is 5.32 Å². The van der Waals surface area contributed by atoms with E-state index in [-0.39, 0.29) is 35.5 Å². The quantitative estimate of drug-likeness (QED) is 0.602. The molecule has 2 amide bonds. The predicted octanol–water partition coefficient (Wildman–Crippen LogP) is 4.24. The van der Waals surface area contributed by atoms with Gasteiger partial charge in [-0.1, -0.05) is 44.5 Å². The van der Waals surface area contributed by atoms with Gasteiger partial charge in [-0.15, -0.1) is 0 Å². The molecule has 2 aliphatic heterocycles. The van der Waals surface area contributed by atoms with Gasteiger partial charge >= 0.3 is 6.09 Å². The topological polar surface area (TPSA) is 79.0 Å². The number of likely N-dealkylation sites (N-methyl/N-ethyl adjacent to an activating group) is 1. The average Bonchev–Trinajstić information content (AvgIpc) is 3.45. The summed E-state index contributed by atoms with van der Waals surface area (Å²) in [7, 11) is 1.65. The number of carbonyl (C=O) groups is 3. The summed E-state index contributed by atoms with van der Waals surface area (Å²) >= 11 is 6.15. The van der Waals surface area contributed by atoms with Gasteiger partial charge in [-0.25, -0.2) is 4.79 Å². The van der Waals surface area contributed by atoms with Crippen LogP contribution in [-0.4, -0.2) is 72.5 Å². The molecule has 1 N–H and O–H groups in total. The van der Waals surface area contributed by atoms with Crippen molar-refractivity contribution in [3.8, 4) is 0 Å². The minimum atomic E-state index is -1.21. The molecule has 0 aromatic heterocycles. The van der Waals surface area contributed by atoms with Crippen LogP contribution in [0.1, 0.15) is 64.4 Å². The van der Waals surface area contributed by atoms with E-state index in [1.165, 1.54) is 4.90 Å². The average molecular weight is 504 g/mol. The van der Waals surface area contributed by atoms with E-state index in [0.717, 1.165) is 31.2 Å². The molecule has 1 aromatic rings. The van der Waals surface area contributed by atoms with E-state index in [4.69, 9.17) is 16.3 Å². The normalized spacial score (nSPS) is 27.5. The molecule has 192 valence electrons. The van der Waals surface area contributed by atoms with Crippen LogP contribution in [0.25, 0.3) is 0 Å². The number of hydrogen-bond acceptors (Lipinski definition) is 5. The largest absolute Gasteiger partial charge is 0.449 e. The first-order chi connectivity index (χ1) is 16.6. The summed E-state index contributed by atoms with van der Waals surface area (Å²) in [5.74, 6) is -0.136. The van der Waals surface area contributed by atoms with Gasteiger partial charge in [0.05, 0.1) is 12.6 Å². The van der Waals surface area contributed by atoms with Crippen molar-refractivity contribution in [3.05, 3.63) is 34.9 Å². The van der Waals surface area contributed by atoms with Gasteiger partial charge in [-0.05, 0) is 55.7 Å². The first kappa shape index (κ1) is 26.0. The van der Waals surface area contributed by atoms with Crippen molar-refractivity contribution >= 4 is 29.4 Å². The molecule has 2 heterocycles. The molecule has 8 heteroatoms. The smallest absolute Gasteiger partial charge is 0.410 e. The van der Waals surface area contributed by atoms with Crippen molar-refractivity contribution in [1.82, 2.24) is 15.1 Å². The van der Waals surface area contributed by atoms with Crippen LogP contribution >= 0.6 is 11.6 Å². The maximum absolute atomic E-state index is 14.6. The summed E-state index contributed by atoms with van der Waals surface area (Å²) < 4.78 is 5.58. The maximum Gasteiger partial charge on any atom is 0.410 e. The molecule has 3 aliphatic rings. The third-order valence-corrected chi connectivity index (χ3v) is 8.29. The summed E-state index contributed by atoms with van der Waals surface area (Å²) in [4.78, 5) is 44.5. The number of benzene rings is 1. The molecule has 3 atom stereocenters. The lowest BCUT2D eigenvalue weighted by Gasteiger charge is -2.46. The second-order valence-corrected chi connectivity index (χ2v) is 11.6. The van der Waals surface area contributed by atoms with E-state index in [1.54, 1.807) is 11.9 Å². The van der Waals surface area contributed by atoms with Crippen molar-refractivity contribution < 1.29 is 19.1 Å². The molecular formula is C27H38ClN3O4. The summed E-state index contributed by atoms with van der Waals surface area (Å²) in [6, 6.07) is 7.01. The first-order valence-corrected chi connectivity index (χ1v) is 13.2. The fraction of sp³-hybridized carbons (Fsp3) is 0.667. The minimum absolute atomic E-state index is 0.166. The Balaban J connectivity index is 1.73. The fourth-order valence-electron chi connectivity index (χ4n) is 5.54. The van der Waals surface area contributed by atoms with E-state index in [1.807, 2.05) is 45.0 Å². The molecule has 1 saturated carbocycles. The van der Waals surface area contributed by atoms with Gasteiger partial charge in [0, 0.05) is 43.0 Å². The third kappa shape index (κ3) is 4.94. The number of carbonyl (C=O) groups excluding carboxylic acids is 3. The number of nitrogens with zero attached hydrogens (tertiary/aromatic N) is 2. The van der Waals surface area contributed by atoms with Crippen molar-refractivity contribution in [2.45, 2.75) is 70.4 Å². The zero-order valence-electron chi connectivity index (χ0n) is 21.3. The lowest BCUT2D eigenvalue weighted by atomic mass is 9.78. The fourth-order valence-corrected chi connectivity index (χ4v) is 5.66. The number of likely N-dealkylation sites (tertiary alicyclic amines) is 1. The van der Waals surface area contributed by atoms with Gasteiger partial charge in [-0.3, -0.25) is 14.5 Å². The summed E-state index contributed by atoms with van der Waals surface area (Å²) in [5.41, 5.74) is -0.605. The molecule has 0 bridgehead atoms. The highest BCUT2D eigenvalue weighted by atomic mass is 35.5. The Morgan fingerprint density at radius 1 is 1.20 bits per heavy atom. The predicted molar refractivity (Wildman–Crippen MR) is 135 cm³/mol. The SMILES string of the molecule is CC(C)COC(=O)N(C)[C@]1(C(=O)N2CCCCC2C(=O)C2(C)CC2)CNC[C@H]1c1ccc(Cl)cc1. The summed E-state index contributed by atoms with van der Waals surface area (Å²) in [6.45, 7) is 7.57. The van der Waals surface area contributed by atoms with Crippen LogP contribution in [0.15, 0.2) is 24.3 Å². The molecule has 1 aliphatic carbocycles. The van der Waals surface area contributed by atoms with Gasteiger partial charge in [0.2, 0.25) is 0 Å². The van der Waals surface area contributed by atoms with Gasteiger partial charge in [0.1, 0.15) is 5.54 Å². The molecule has 0 radical (unpaired) electrons. The molecule has 4 rings (SSSR count). The van der Waals surface area contributed by atoms with Crippen molar-refractivity contribution in [2.24, 2.45) is 11.3 Å². The van der Waals surface area contributed by atoms with Crippen LogP contribution in [0.2, 0.25) is 5.02 Å². The van der Waals surface area contributed by atoms with E-state index < -0.39 is 17.7 Å². The Hall–Kier alpha value is -2.12. The highest BCUT2D eigenvalue weighted by molar-refractivity contribution is 6.30. The van der Waals surface area contributed by atoms with Crippen LogP contribution in [0, 0.1) is 11.3 Å². The second-order valence-electron chi connectivity index (χ2n) is 11.1. The number of ether oxygens (including phenoxy) is 1. The Kier molecular flexibility index (Phi) is 7.49. The number of Topliss-reactive ketones (excluding diaryl/α,β-unsaturated/α-hetero) is 1. The Bertz CT molecular complexity index is 962. The molecule has 35 heavy (non-hydrogen) atoms.